The van der Waals surface area contributed by atoms with Gasteiger partial charge in [-0.1, -0.05) is 38.4 Å². The van der Waals surface area contributed by atoms with Crippen molar-refractivity contribution in [3.63, 3.8) is 0 Å². The third-order valence-electron chi connectivity index (χ3n) is 6.62. The molecule has 1 N–H and O–H groups in total. The van der Waals surface area contributed by atoms with Crippen LogP contribution in [-0.2, 0) is 6.18 Å². The van der Waals surface area contributed by atoms with Crippen molar-refractivity contribution in [2.24, 2.45) is 5.41 Å². The summed E-state index contributed by atoms with van der Waals surface area (Å²) in [6, 6.07) is 4.38. The molecule has 0 saturated carbocycles. The topological polar surface area (TPSA) is 75.9 Å². The van der Waals surface area contributed by atoms with Gasteiger partial charge < -0.3 is 10.2 Å². The number of anilines is 1. The van der Waals surface area contributed by atoms with E-state index < -0.39 is 17.6 Å². The van der Waals surface area contributed by atoms with Crippen LogP contribution in [0.1, 0.15) is 67.2 Å². The molecule has 0 aromatic carbocycles. The molecule has 1 unspecified atom stereocenters. The molecule has 39 heavy (non-hydrogen) atoms. The number of aryl methyl sites for hydroxylation is 1. The van der Waals surface area contributed by atoms with Crippen molar-refractivity contribution < 1.29 is 18.0 Å². The van der Waals surface area contributed by atoms with Crippen molar-refractivity contribution in [2.75, 3.05) is 18.9 Å². The van der Waals surface area contributed by atoms with Crippen molar-refractivity contribution in [1.82, 2.24) is 24.6 Å². The Morgan fingerprint density at radius 3 is 2.49 bits per heavy atom. The summed E-state index contributed by atoms with van der Waals surface area (Å²) in [5, 5.41) is 6.73. The number of alkyl halides is 3. The molecule has 0 spiro atoms. The van der Waals surface area contributed by atoms with Crippen molar-refractivity contribution in [3.05, 3.63) is 70.4 Å². The summed E-state index contributed by atoms with van der Waals surface area (Å²) in [4.78, 5) is 23.7. The number of allylic oxidation sites excluding steroid dienone is 1. The first kappa shape index (κ1) is 28.8. The zero-order chi connectivity index (χ0) is 28.5. The molecule has 1 atom stereocenters. The Morgan fingerprint density at radius 1 is 1.18 bits per heavy atom. The lowest BCUT2D eigenvalue weighted by molar-refractivity contribution is -0.137. The molecule has 1 aliphatic carbocycles. The maximum Gasteiger partial charge on any atom is 0.417 e. The van der Waals surface area contributed by atoms with Crippen LogP contribution in [0.15, 0.2) is 42.9 Å². The fourth-order valence-corrected chi connectivity index (χ4v) is 5.08. The number of rotatable bonds is 6. The molecule has 0 aliphatic heterocycles. The van der Waals surface area contributed by atoms with Crippen LogP contribution in [-0.4, -0.2) is 50.2 Å². The largest absolute Gasteiger partial charge is 0.417 e. The van der Waals surface area contributed by atoms with E-state index in [1.54, 1.807) is 6.20 Å². The van der Waals surface area contributed by atoms with E-state index in [0.29, 0.717) is 17.9 Å². The van der Waals surface area contributed by atoms with Crippen LogP contribution in [0, 0.1) is 12.3 Å². The summed E-state index contributed by atoms with van der Waals surface area (Å²) in [5.74, 6) is -0.463. The van der Waals surface area contributed by atoms with Crippen LogP contribution in [0.3, 0.4) is 0 Å². The molecule has 1 amide bonds. The molecule has 4 rings (SSSR count). The lowest BCUT2D eigenvalue weighted by atomic mass is 9.89. The van der Waals surface area contributed by atoms with Gasteiger partial charge in [0.15, 0.2) is 5.82 Å². The van der Waals surface area contributed by atoms with Crippen molar-refractivity contribution in [3.8, 4) is 5.82 Å². The summed E-state index contributed by atoms with van der Waals surface area (Å²) in [7, 11) is 2.19. The Morgan fingerprint density at radius 2 is 1.92 bits per heavy atom. The number of carbonyl (C=O) groups excluding carboxylic acids is 1. The first-order valence-corrected chi connectivity index (χ1v) is 13.1. The Hall–Kier alpha value is -3.24. The van der Waals surface area contributed by atoms with Gasteiger partial charge in [-0.2, -0.15) is 18.3 Å². The normalized spacial score (nSPS) is 16.4. The van der Waals surface area contributed by atoms with Crippen LogP contribution >= 0.6 is 11.6 Å². The highest BCUT2D eigenvalue weighted by molar-refractivity contribution is 6.33. The van der Waals surface area contributed by atoms with Gasteiger partial charge in [0.25, 0.3) is 5.91 Å². The molecule has 3 aromatic heterocycles. The summed E-state index contributed by atoms with van der Waals surface area (Å²) in [5.41, 5.74) is 2.98. The number of carbonyl (C=O) groups is 1. The van der Waals surface area contributed by atoms with Gasteiger partial charge in [0.2, 0.25) is 0 Å². The van der Waals surface area contributed by atoms with E-state index in [0.717, 1.165) is 53.9 Å². The fourth-order valence-electron chi connectivity index (χ4n) is 4.82. The molecule has 0 radical (unpaired) electrons. The van der Waals surface area contributed by atoms with Gasteiger partial charge in [-0.05, 0) is 68.0 Å². The first-order chi connectivity index (χ1) is 18.2. The highest BCUT2D eigenvalue weighted by Crippen LogP contribution is 2.32. The minimum absolute atomic E-state index is 0.0560. The molecule has 0 fully saturated rings. The number of nitrogens with one attached hydrogen (secondary N) is 1. The van der Waals surface area contributed by atoms with Crippen LogP contribution in [0.2, 0.25) is 5.15 Å². The van der Waals surface area contributed by atoms with E-state index in [4.69, 9.17) is 11.6 Å². The lowest BCUT2D eigenvalue weighted by Crippen LogP contribution is -2.38. The SMILES string of the molecule is Cc1cc(NC(=O)c2cnn(-c3ccc(C(F)(F)F)cn3)c2Cl)cnc1C1=CCC(N(C)CC(C)(C)C)CC1. The predicted octanol–water partition coefficient (Wildman–Crippen LogP) is 6.81. The Kier molecular flexibility index (Phi) is 8.18. The van der Waals surface area contributed by atoms with Crippen LogP contribution < -0.4 is 5.32 Å². The highest BCUT2D eigenvalue weighted by Gasteiger charge is 2.31. The number of hydrogen-bond donors (Lipinski definition) is 1. The second kappa shape index (κ2) is 11.1. The second-order valence-corrected chi connectivity index (χ2v) is 11.5. The average molecular weight is 561 g/mol. The predicted molar refractivity (Wildman–Crippen MR) is 146 cm³/mol. The van der Waals surface area contributed by atoms with Crippen LogP contribution in [0.25, 0.3) is 11.4 Å². The zero-order valence-corrected chi connectivity index (χ0v) is 23.4. The van der Waals surface area contributed by atoms with Crippen molar-refractivity contribution in [1.29, 1.82) is 0 Å². The molecule has 1 aliphatic rings. The van der Waals surface area contributed by atoms with Crippen molar-refractivity contribution in [2.45, 2.75) is 59.2 Å². The van der Waals surface area contributed by atoms with E-state index in [2.05, 4.69) is 59.2 Å². The minimum Gasteiger partial charge on any atom is -0.320 e. The number of amides is 1. The molecule has 3 aromatic rings. The molecule has 7 nitrogen and oxygen atoms in total. The smallest absolute Gasteiger partial charge is 0.320 e. The molecule has 3 heterocycles. The monoisotopic (exact) mass is 560 g/mol. The number of nitrogens with zero attached hydrogens (tertiary/aromatic N) is 5. The molecule has 0 bridgehead atoms. The van der Waals surface area contributed by atoms with Gasteiger partial charge >= 0.3 is 6.18 Å². The van der Waals surface area contributed by atoms with Gasteiger partial charge in [0, 0.05) is 18.8 Å². The number of halogens is 4. The summed E-state index contributed by atoms with van der Waals surface area (Å²) >= 11 is 6.33. The summed E-state index contributed by atoms with van der Waals surface area (Å²) in [6.45, 7) is 9.74. The van der Waals surface area contributed by atoms with Gasteiger partial charge in [-0.25, -0.2) is 9.67 Å². The Bertz CT molecular complexity index is 1380. The first-order valence-electron chi connectivity index (χ1n) is 12.7. The van der Waals surface area contributed by atoms with E-state index in [9.17, 15) is 18.0 Å². The maximum absolute atomic E-state index is 12.9. The van der Waals surface area contributed by atoms with Crippen molar-refractivity contribution >= 4 is 28.8 Å². The summed E-state index contributed by atoms with van der Waals surface area (Å²) in [6.07, 6.45) is 4.27. The highest BCUT2D eigenvalue weighted by atomic mass is 35.5. The molecular weight excluding hydrogens is 529 g/mol. The molecular formula is C28H32ClF3N6O. The number of hydrogen-bond acceptors (Lipinski definition) is 5. The van der Waals surface area contributed by atoms with Gasteiger partial charge in [-0.3, -0.25) is 9.78 Å². The van der Waals surface area contributed by atoms with Crippen LogP contribution in [0.4, 0.5) is 18.9 Å². The molecule has 11 heteroatoms. The average Bonchev–Trinajstić information content (AvgIpc) is 3.24. The second-order valence-electron chi connectivity index (χ2n) is 11.1. The molecule has 208 valence electrons. The van der Waals surface area contributed by atoms with E-state index in [1.807, 2.05) is 13.0 Å². The minimum atomic E-state index is -4.51. The fraction of sp³-hybridized carbons (Fsp3) is 0.429. The van der Waals surface area contributed by atoms with Gasteiger partial charge in [0.1, 0.15) is 5.15 Å². The van der Waals surface area contributed by atoms with Gasteiger partial charge in [0.05, 0.1) is 34.9 Å². The van der Waals surface area contributed by atoms with Crippen LogP contribution in [0.5, 0.6) is 0 Å². The molecule has 0 saturated heterocycles. The lowest BCUT2D eigenvalue weighted by Gasteiger charge is -2.35. The Balaban J connectivity index is 1.43. The van der Waals surface area contributed by atoms with Gasteiger partial charge in [-0.15, -0.1) is 0 Å². The standard InChI is InChI=1S/C28H32ClF3N6O/c1-17-12-20(14-34-24(17)18-6-9-21(10-7-18)37(5)16-27(2,3)4)36-26(39)22-15-35-38(25(22)29)23-11-8-19(13-33-23)28(30,31)32/h6,8,11-15,21H,7,9-10,16H2,1-5H3,(H,36,39). The van der Waals surface area contributed by atoms with E-state index in [1.165, 1.54) is 11.8 Å². The summed E-state index contributed by atoms with van der Waals surface area (Å²) < 4.78 is 39.6. The third kappa shape index (κ3) is 6.86. The van der Waals surface area contributed by atoms with E-state index in [-0.39, 0.29) is 21.9 Å². The van der Waals surface area contributed by atoms with E-state index >= 15 is 0 Å². The number of aromatic nitrogens is 4. The zero-order valence-electron chi connectivity index (χ0n) is 22.6. The third-order valence-corrected chi connectivity index (χ3v) is 6.98. The maximum atomic E-state index is 12.9. The number of pyridine rings is 2. The Labute approximate surface area is 231 Å². The quantitative estimate of drug-likeness (QED) is 0.358.